The maximum atomic E-state index is 12.7. The van der Waals surface area contributed by atoms with Crippen LogP contribution < -0.4 is 10.6 Å². The number of carbonyl (C=O) groups excluding carboxylic acids is 3. The zero-order chi connectivity index (χ0) is 20.4. The number of imidazole rings is 1. The topological polar surface area (TPSA) is 96.3 Å². The maximum Gasteiger partial charge on any atom is 0.325 e. The Hall–Kier alpha value is -3.16. The Morgan fingerprint density at radius 3 is 2.62 bits per heavy atom. The number of aryl methyl sites for hydroxylation is 1. The van der Waals surface area contributed by atoms with Crippen LogP contribution in [0.25, 0.3) is 0 Å². The summed E-state index contributed by atoms with van der Waals surface area (Å²) in [5, 5.41) is 5.84. The Balaban J connectivity index is 1.43. The van der Waals surface area contributed by atoms with Crippen molar-refractivity contribution in [2.24, 2.45) is 7.05 Å². The molecular formula is C21H25N5O3. The molecule has 4 rings (SSSR count). The Bertz CT molecular complexity index is 917. The van der Waals surface area contributed by atoms with E-state index >= 15 is 0 Å². The molecule has 1 saturated heterocycles. The van der Waals surface area contributed by atoms with E-state index in [2.05, 4.69) is 15.6 Å². The lowest BCUT2D eigenvalue weighted by molar-refractivity contribution is -0.131. The van der Waals surface area contributed by atoms with Gasteiger partial charge in [-0.15, -0.1) is 0 Å². The molecule has 1 unspecified atom stereocenters. The predicted molar refractivity (Wildman–Crippen MR) is 106 cm³/mol. The average Bonchev–Trinajstić information content (AvgIpc) is 3.41. The summed E-state index contributed by atoms with van der Waals surface area (Å²) < 4.78 is 1.86. The summed E-state index contributed by atoms with van der Waals surface area (Å²) in [6.07, 6.45) is 6.77. The molecule has 29 heavy (non-hydrogen) atoms. The number of amides is 4. The van der Waals surface area contributed by atoms with Crippen molar-refractivity contribution in [3.05, 3.63) is 54.1 Å². The molecule has 0 bridgehead atoms. The fourth-order valence-electron chi connectivity index (χ4n) is 4.24. The van der Waals surface area contributed by atoms with Gasteiger partial charge in [0.1, 0.15) is 17.4 Å². The molecule has 1 aromatic carbocycles. The minimum Gasteiger partial charge on any atom is -0.342 e. The molecule has 2 fully saturated rings. The van der Waals surface area contributed by atoms with Crippen LogP contribution in [-0.2, 0) is 16.6 Å². The maximum absolute atomic E-state index is 12.7. The van der Waals surface area contributed by atoms with Gasteiger partial charge >= 0.3 is 6.03 Å². The molecule has 2 heterocycles. The number of hydrogen-bond acceptors (Lipinski definition) is 4. The Morgan fingerprint density at radius 1 is 1.24 bits per heavy atom. The van der Waals surface area contributed by atoms with Gasteiger partial charge in [0.2, 0.25) is 5.91 Å². The first-order valence-corrected chi connectivity index (χ1v) is 9.96. The van der Waals surface area contributed by atoms with Crippen molar-refractivity contribution >= 4 is 17.8 Å². The third kappa shape index (κ3) is 3.62. The predicted octanol–water partition coefficient (Wildman–Crippen LogP) is 1.88. The summed E-state index contributed by atoms with van der Waals surface area (Å²) in [7, 11) is 1.87. The number of hydrogen-bond donors (Lipinski definition) is 2. The molecule has 8 heteroatoms. The van der Waals surface area contributed by atoms with E-state index in [1.54, 1.807) is 6.20 Å². The van der Waals surface area contributed by atoms with Gasteiger partial charge in [-0.25, -0.2) is 9.78 Å². The Labute approximate surface area is 169 Å². The van der Waals surface area contributed by atoms with E-state index in [4.69, 9.17) is 0 Å². The lowest BCUT2D eigenvalue weighted by atomic mass is 9.98. The van der Waals surface area contributed by atoms with Gasteiger partial charge < -0.3 is 15.2 Å². The lowest BCUT2D eigenvalue weighted by Gasteiger charge is -2.21. The molecule has 4 amide bonds. The van der Waals surface area contributed by atoms with Crippen molar-refractivity contribution in [2.75, 3.05) is 6.54 Å². The summed E-state index contributed by atoms with van der Waals surface area (Å²) >= 11 is 0. The second-order valence-corrected chi connectivity index (χ2v) is 7.73. The highest BCUT2D eigenvalue weighted by molar-refractivity contribution is 6.07. The molecule has 8 nitrogen and oxygen atoms in total. The highest BCUT2D eigenvalue weighted by atomic mass is 16.2. The molecule has 1 saturated carbocycles. The summed E-state index contributed by atoms with van der Waals surface area (Å²) in [4.78, 5) is 43.3. The number of aromatic nitrogens is 2. The van der Waals surface area contributed by atoms with Gasteiger partial charge in [0, 0.05) is 32.4 Å². The first-order valence-electron chi connectivity index (χ1n) is 9.96. The van der Waals surface area contributed by atoms with E-state index in [9.17, 15) is 14.4 Å². The Kier molecular flexibility index (Phi) is 5.08. The van der Waals surface area contributed by atoms with Crippen molar-refractivity contribution in [3.8, 4) is 0 Å². The van der Waals surface area contributed by atoms with Crippen LogP contribution in [0.5, 0.6) is 0 Å². The van der Waals surface area contributed by atoms with E-state index in [0.29, 0.717) is 18.7 Å². The van der Waals surface area contributed by atoms with Crippen LogP contribution in [0.3, 0.4) is 0 Å². The molecule has 2 aliphatic rings. The van der Waals surface area contributed by atoms with Gasteiger partial charge in [0.05, 0.1) is 0 Å². The van der Waals surface area contributed by atoms with Crippen LogP contribution in [0.1, 0.15) is 49.5 Å². The fourth-order valence-corrected chi connectivity index (χ4v) is 4.24. The third-order valence-electron chi connectivity index (χ3n) is 5.82. The number of carbonyl (C=O) groups is 3. The van der Waals surface area contributed by atoms with Crippen molar-refractivity contribution in [1.82, 2.24) is 25.1 Å². The van der Waals surface area contributed by atoms with Gasteiger partial charge in [-0.2, -0.15) is 0 Å². The summed E-state index contributed by atoms with van der Waals surface area (Å²) in [5.74, 6) is 0.274. The summed E-state index contributed by atoms with van der Waals surface area (Å²) in [6.45, 7) is 0.0698. The van der Waals surface area contributed by atoms with E-state index in [1.807, 2.05) is 48.1 Å². The van der Waals surface area contributed by atoms with Crippen molar-refractivity contribution in [2.45, 2.75) is 43.7 Å². The number of benzene rings is 1. The monoisotopic (exact) mass is 395 g/mol. The molecule has 2 N–H and O–H groups in total. The van der Waals surface area contributed by atoms with E-state index in [-0.39, 0.29) is 24.8 Å². The molecule has 2 aromatic rings. The van der Waals surface area contributed by atoms with Gasteiger partial charge in [0.25, 0.3) is 5.91 Å². The average molecular weight is 395 g/mol. The molecule has 1 aromatic heterocycles. The number of rotatable bonds is 6. The number of imide groups is 1. The first-order chi connectivity index (χ1) is 14.0. The number of nitrogens with one attached hydrogen (secondary N) is 2. The largest absolute Gasteiger partial charge is 0.342 e. The SMILES string of the molecule is Cn1ccnc1C(NC(=O)CCN1C(=O)NC2(CCCC2)C1=O)c1ccccc1. The number of urea groups is 1. The second-order valence-electron chi connectivity index (χ2n) is 7.73. The van der Waals surface area contributed by atoms with Crippen LogP contribution in [0.15, 0.2) is 42.7 Å². The lowest BCUT2D eigenvalue weighted by Crippen LogP contribution is -2.44. The van der Waals surface area contributed by atoms with Crippen LogP contribution in [0.2, 0.25) is 0 Å². The van der Waals surface area contributed by atoms with Crippen LogP contribution in [0, 0.1) is 0 Å². The van der Waals surface area contributed by atoms with E-state index in [0.717, 1.165) is 18.4 Å². The van der Waals surface area contributed by atoms with Crippen LogP contribution in [-0.4, -0.2) is 44.4 Å². The van der Waals surface area contributed by atoms with Gasteiger partial charge in [-0.05, 0) is 18.4 Å². The molecule has 0 radical (unpaired) electrons. The molecule has 1 atom stereocenters. The fraction of sp³-hybridized carbons (Fsp3) is 0.429. The summed E-state index contributed by atoms with van der Waals surface area (Å²) in [5.41, 5.74) is 0.169. The number of nitrogens with zero attached hydrogens (tertiary/aromatic N) is 3. The molecule has 1 aliphatic carbocycles. The molecule has 1 aliphatic heterocycles. The highest BCUT2D eigenvalue weighted by Gasteiger charge is 2.52. The quantitative estimate of drug-likeness (QED) is 0.730. The molecule has 152 valence electrons. The summed E-state index contributed by atoms with van der Waals surface area (Å²) in [6, 6.07) is 8.79. The van der Waals surface area contributed by atoms with Gasteiger partial charge in [0.15, 0.2) is 0 Å². The van der Waals surface area contributed by atoms with E-state index < -0.39 is 17.6 Å². The minimum absolute atomic E-state index is 0.0446. The smallest absolute Gasteiger partial charge is 0.325 e. The third-order valence-corrected chi connectivity index (χ3v) is 5.82. The van der Waals surface area contributed by atoms with E-state index in [1.165, 1.54) is 4.90 Å². The highest BCUT2D eigenvalue weighted by Crippen LogP contribution is 2.35. The Morgan fingerprint density at radius 2 is 1.97 bits per heavy atom. The van der Waals surface area contributed by atoms with Crippen molar-refractivity contribution in [1.29, 1.82) is 0 Å². The van der Waals surface area contributed by atoms with Crippen LogP contribution >= 0.6 is 0 Å². The second kappa shape index (κ2) is 7.69. The molecular weight excluding hydrogens is 370 g/mol. The van der Waals surface area contributed by atoms with Crippen molar-refractivity contribution in [3.63, 3.8) is 0 Å². The van der Waals surface area contributed by atoms with Crippen molar-refractivity contribution < 1.29 is 14.4 Å². The first kappa shape index (κ1) is 19.2. The standard InChI is InChI=1S/C21H25N5O3/c1-25-14-12-22-18(25)17(15-7-3-2-4-8-15)23-16(27)9-13-26-19(28)21(24-20(26)29)10-5-6-11-21/h2-4,7-8,12,14,17H,5-6,9-11,13H2,1H3,(H,23,27)(H,24,29). The minimum atomic E-state index is -0.743. The van der Waals surface area contributed by atoms with Gasteiger partial charge in [-0.3, -0.25) is 14.5 Å². The normalized spacial score (nSPS) is 18.9. The van der Waals surface area contributed by atoms with Crippen LogP contribution in [0.4, 0.5) is 4.79 Å². The van der Waals surface area contributed by atoms with Gasteiger partial charge in [-0.1, -0.05) is 43.2 Å². The zero-order valence-corrected chi connectivity index (χ0v) is 16.4. The zero-order valence-electron chi connectivity index (χ0n) is 16.4. The molecule has 1 spiro atoms.